The Balaban J connectivity index is 2.47. The van der Waals surface area contributed by atoms with Crippen molar-refractivity contribution in [3.05, 3.63) is 0 Å². The zero-order chi connectivity index (χ0) is 13.1. The fourth-order valence-electron chi connectivity index (χ4n) is 2.19. The molecule has 2 N–H and O–H groups in total. The summed E-state index contributed by atoms with van der Waals surface area (Å²) in [5.41, 5.74) is 5.85. The summed E-state index contributed by atoms with van der Waals surface area (Å²) < 4.78 is 25.8. The maximum absolute atomic E-state index is 12.1. The summed E-state index contributed by atoms with van der Waals surface area (Å²) in [6.07, 6.45) is 2.55. The van der Waals surface area contributed by atoms with Crippen LogP contribution in [0.4, 0.5) is 0 Å². The Labute approximate surface area is 106 Å². The second-order valence-electron chi connectivity index (χ2n) is 5.59. The lowest BCUT2D eigenvalue weighted by atomic mass is 9.92. The van der Waals surface area contributed by atoms with E-state index in [9.17, 15) is 8.42 Å². The molecule has 4 nitrogen and oxygen atoms in total. The van der Waals surface area contributed by atoms with Crippen molar-refractivity contribution in [1.29, 1.82) is 0 Å². The van der Waals surface area contributed by atoms with Crippen LogP contribution in [0.15, 0.2) is 0 Å². The van der Waals surface area contributed by atoms with Crippen LogP contribution in [-0.2, 0) is 10.0 Å². The molecule has 0 aromatic heterocycles. The molecule has 0 aromatic rings. The van der Waals surface area contributed by atoms with Crippen LogP contribution in [0.2, 0.25) is 0 Å². The molecule has 1 fully saturated rings. The average molecular weight is 262 g/mol. The molecule has 1 aliphatic rings. The van der Waals surface area contributed by atoms with Gasteiger partial charge in [0.25, 0.3) is 0 Å². The molecule has 102 valence electrons. The summed E-state index contributed by atoms with van der Waals surface area (Å²) in [4.78, 5) is 0. The monoisotopic (exact) mass is 262 g/mol. The molecule has 1 unspecified atom stereocenters. The first-order valence-corrected chi connectivity index (χ1v) is 8.17. The third-order valence-electron chi connectivity index (χ3n) is 3.59. The van der Waals surface area contributed by atoms with Gasteiger partial charge in [-0.15, -0.1) is 0 Å². The number of sulfonamides is 1. The molecule has 0 radical (unpaired) electrons. The highest BCUT2D eigenvalue weighted by Gasteiger charge is 2.28. The zero-order valence-corrected chi connectivity index (χ0v) is 12.0. The highest BCUT2D eigenvalue weighted by molar-refractivity contribution is 7.89. The highest BCUT2D eigenvalue weighted by Crippen LogP contribution is 2.22. The maximum Gasteiger partial charge on any atom is 0.214 e. The van der Waals surface area contributed by atoms with Crippen molar-refractivity contribution >= 4 is 10.0 Å². The van der Waals surface area contributed by atoms with Gasteiger partial charge >= 0.3 is 0 Å². The van der Waals surface area contributed by atoms with Gasteiger partial charge < -0.3 is 5.73 Å². The Hall–Kier alpha value is -0.130. The highest BCUT2D eigenvalue weighted by atomic mass is 32.2. The summed E-state index contributed by atoms with van der Waals surface area (Å²) >= 11 is 0. The van der Waals surface area contributed by atoms with E-state index in [1.165, 1.54) is 0 Å². The average Bonchev–Trinajstić information content (AvgIpc) is 2.27. The molecule has 5 heteroatoms. The summed E-state index contributed by atoms with van der Waals surface area (Å²) in [5.74, 6) is 1.20. The van der Waals surface area contributed by atoms with E-state index in [0.29, 0.717) is 24.9 Å². The van der Waals surface area contributed by atoms with E-state index >= 15 is 0 Å². The summed E-state index contributed by atoms with van der Waals surface area (Å²) in [6.45, 7) is 7.41. The van der Waals surface area contributed by atoms with Gasteiger partial charge in [-0.25, -0.2) is 12.7 Å². The molecular formula is C12H26N2O2S. The normalized spacial score (nSPS) is 21.9. The minimum atomic E-state index is -3.04. The van der Waals surface area contributed by atoms with E-state index in [-0.39, 0.29) is 11.8 Å². The molecule has 0 aliphatic carbocycles. The lowest BCUT2D eigenvalue weighted by Gasteiger charge is -2.33. The molecule has 1 saturated heterocycles. The largest absolute Gasteiger partial charge is 0.328 e. The van der Waals surface area contributed by atoms with Crippen LogP contribution in [0.5, 0.6) is 0 Å². The van der Waals surface area contributed by atoms with E-state index < -0.39 is 10.0 Å². The third-order valence-corrected chi connectivity index (χ3v) is 5.49. The second kappa shape index (κ2) is 6.16. The van der Waals surface area contributed by atoms with Crippen molar-refractivity contribution in [3.63, 3.8) is 0 Å². The number of hydrogen-bond acceptors (Lipinski definition) is 3. The van der Waals surface area contributed by atoms with E-state index in [1.54, 1.807) is 4.31 Å². The lowest BCUT2D eigenvalue weighted by Crippen LogP contribution is -2.43. The van der Waals surface area contributed by atoms with Crippen molar-refractivity contribution < 1.29 is 8.42 Å². The number of piperidine rings is 1. The SMILES string of the molecule is CC(C)CCS(=O)(=O)N1CCC(C(C)N)CC1. The molecule has 0 spiro atoms. The van der Waals surface area contributed by atoms with Crippen LogP contribution in [0.1, 0.15) is 40.0 Å². The molecular weight excluding hydrogens is 236 g/mol. The summed E-state index contributed by atoms with van der Waals surface area (Å²) in [6, 6.07) is 0.176. The third kappa shape index (κ3) is 4.56. The topological polar surface area (TPSA) is 63.4 Å². The van der Waals surface area contributed by atoms with Crippen molar-refractivity contribution in [1.82, 2.24) is 4.31 Å². The maximum atomic E-state index is 12.1. The van der Waals surface area contributed by atoms with Crippen LogP contribution in [0.25, 0.3) is 0 Å². The number of rotatable bonds is 5. The van der Waals surface area contributed by atoms with Gasteiger partial charge in [0.15, 0.2) is 0 Å². The van der Waals surface area contributed by atoms with Crippen molar-refractivity contribution in [3.8, 4) is 0 Å². The molecule has 0 amide bonds. The number of hydrogen-bond donors (Lipinski definition) is 1. The fraction of sp³-hybridized carbons (Fsp3) is 1.00. The van der Waals surface area contributed by atoms with Crippen LogP contribution in [0, 0.1) is 11.8 Å². The van der Waals surface area contributed by atoms with Gasteiger partial charge in [0, 0.05) is 19.1 Å². The lowest BCUT2D eigenvalue weighted by molar-refractivity contribution is 0.250. The molecule has 17 heavy (non-hydrogen) atoms. The van der Waals surface area contributed by atoms with Gasteiger partial charge in [-0.2, -0.15) is 0 Å². The Bertz CT molecular complexity index is 317. The Kier molecular flexibility index (Phi) is 5.41. The first-order valence-electron chi connectivity index (χ1n) is 6.56. The first-order chi connectivity index (χ1) is 7.83. The predicted octanol–water partition coefficient (Wildman–Crippen LogP) is 1.42. The predicted molar refractivity (Wildman–Crippen MR) is 71.2 cm³/mol. The zero-order valence-electron chi connectivity index (χ0n) is 11.2. The van der Waals surface area contributed by atoms with E-state index in [4.69, 9.17) is 5.73 Å². The van der Waals surface area contributed by atoms with Gasteiger partial charge in [0.05, 0.1) is 5.75 Å². The van der Waals surface area contributed by atoms with Gasteiger partial charge in [-0.3, -0.25) is 0 Å². The van der Waals surface area contributed by atoms with Crippen molar-refractivity contribution in [2.45, 2.75) is 46.1 Å². The van der Waals surface area contributed by atoms with Crippen molar-refractivity contribution in [2.75, 3.05) is 18.8 Å². The Morgan fingerprint density at radius 2 is 1.76 bits per heavy atom. The van der Waals surface area contributed by atoms with Gasteiger partial charge in [0.2, 0.25) is 10.0 Å². The molecule has 1 atom stereocenters. The minimum Gasteiger partial charge on any atom is -0.328 e. The van der Waals surface area contributed by atoms with E-state index in [0.717, 1.165) is 19.3 Å². The minimum absolute atomic E-state index is 0.176. The molecule has 0 bridgehead atoms. The number of nitrogens with two attached hydrogens (primary N) is 1. The molecule has 1 heterocycles. The van der Waals surface area contributed by atoms with Gasteiger partial charge in [0.1, 0.15) is 0 Å². The molecule has 0 saturated carbocycles. The van der Waals surface area contributed by atoms with E-state index in [2.05, 4.69) is 13.8 Å². The Morgan fingerprint density at radius 3 is 2.18 bits per heavy atom. The Morgan fingerprint density at radius 1 is 1.24 bits per heavy atom. The van der Waals surface area contributed by atoms with Crippen LogP contribution >= 0.6 is 0 Å². The van der Waals surface area contributed by atoms with Crippen LogP contribution in [0.3, 0.4) is 0 Å². The van der Waals surface area contributed by atoms with Crippen LogP contribution in [-0.4, -0.2) is 37.6 Å². The van der Waals surface area contributed by atoms with Gasteiger partial charge in [-0.1, -0.05) is 13.8 Å². The molecule has 1 aliphatic heterocycles. The fourth-order valence-corrected chi connectivity index (χ4v) is 3.99. The standard InChI is InChI=1S/C12H26N2O2S/c1-10(2)6-9-17(15,16)14-7-4-12(5-8-14)11(3)13/h10-12H,4-9,13H2,1-3H3. The van der Waals surface area contributed by atoms with Crippen LogP contribution < -0.4 is 5.73 Å². The second-order valence-corrected chi connectivity index (χ2v) is 7.68. The summed E-state index contributed by atoms with van der Waals surface area (Å²) in [5, 5.41) is 0. The smallest absolute Gasteiger partial charge is 0.214 e. The van der Waals surface area contributed by atoms with E-state index in [1.807, 2.05) is 6.92 Å². The summed E-state index contributed by atoms with van der Waals surface area (Å²) in [7, 11) is -3.04. The first kappa shape index (κ1) is 14.9. The van der Waals surface area contributed by atoms with Gasteiger partial charge in [-0.05, 0) is 38.0 Å². The number of nitrogens with zero attached hydrogens (tertiary/aromatic N) is 1. The quantitative estimate of drug-likeness (QED) is 0.815. The molecule has 0 aromatic carbocycles. The molecule has 1 rings (SSSR count). The van der Waals surface area contributed by atoms with Crippen molar-refractivity contribution in [2.24, 2.45) is 17.6 Å².